The number of rotatable bonds is 2. The lowest BCUT2D eigenvalue weighted by molar-refractivity contribution is -0.149. The smallest absolute Gasteiger partial charge is 0.321 e. The van der Waals surface area contributed by atoms with E-state index in [1.54, 1.807) is 4.90 Å². The molecule has 1 aliphatic carbocycles. The number of fused-ring (bicyclic) bond motifs is 1. The summed E-state index contributed by atoms with van der Waals surface area (Å²) in [6.45, 7) is 2.82. The number of urea groups is 1. The molecular formula is C16H19BrN2O3. The Labute approximate surface area is 137 Å². The highest BCUT2D eigenvalue weighted by Gasteiger charge is 2.55. The zero-order valence-electron chi connectivity index (χ0n) is 12.4. The van der Waals surface area contributed by atoms with Gasteiger partial charge in [0.1, 0.15) is 0 Å². The summed E-state index contributed by atoms with van der Waals surface area (Å²) in [6, 6.07) is 5.42. The van der Waals surface area contributed by atoms with Crippen LogP contribution in [-0.2, 0) is 4.79 Å². The Morgan fingerprint density at radius 3 is 2.86 bits per heavy atom. The summed E-state index contributed by atoms with van der Waals surface area (Å²) in [5, 5.41) is 12.4. The summed E-state index contributed by atoms with van der Waals surface area (Å²) in [5.41, 5.74) is 1.08. The van der Waals surface area contributed by atoms with E-state index >= 15 is 0 Å². The lowest BCUT2D eigenvalue weighted by atomic mass is 9.81. The molecule has 1 saturated carbocycles. The van der Waals surface area contributed by atoms with E-state index in [4.69, 9.17) is 0 Å². The van der Waals surface area contributed by atoms with Crippen LogP contribution in [-0.4, -0.2) is 35.1 Å². The summed E-state index contributed by atoms with van der Waals surface area (Å²) in [5.74, 6) is -0.677. The zero-order valence-corrected chi connectivity index (χ0v) is 14.0. The first-order valence-electron chi connectivity index (χ1n) is 7.48. The molecule has 0 spiro atoms. The van der Waals surface area contributed by atoms with Gasteiger partial charge in [0.2, 0.25) is 0 Å². The minimum Gasteiger partial charge on any atom is -0.481 e. The maximum absolute atomic E-state index is 12.4. The van der Waals surface area contributed by atoms with Gasteiger partial charge in [-0.25, -0.2) is 4.79 Å². The number of anilines is 1. The molecule has 1 aliphatic heterocycles. The molecule has 22 heavy (non-hydrogen) atoms. The van der Waals surface area contributed by atoms with Crippen molar-refractivity contribution >= 4 is 33.6 Å². The fourth-order valence-electron chi connectivity index (χ4n) is 3.67. The van der Waals surface area contributed by atoms with Crippen molar-refractivity contribution < 1.29 is 14.7 Å². The number of nitrogens with one attached hydrogen (secondary N) is 1. The number of carboxylic acid groups (broad SMARTS) is 1. The number of benzene rings is 1. The second kappa shape index (κ2) is 5.57. The first-order chi connectivity index (χ1) is 10.4. The fraction of sp³-hybridized carbons (Fsp3) is 0.500. The van der Waals surface area contributed by atoms with Crippen LogP contribution in [0, 0.1) is 18.3 Å². The number of hydrogen-bond donors (Lipinski definition) is 2. The summed E-state index contributed by atoms with van der Waals surface area (Å²) in [4.78, 5) is 25.7. The Morgan fingerprint density at radius 1 is 1.45 bits per heavy atom. The molecular weight excluding hydrogens is 348 g/mol. The Bertz CT molecular complexity index is 634. The number of amides is 2. The van der Waals surface area contributed by atoms with Gasteiger partial charge in [0.05, 0.1) is 5.41 Å². The molecule has 2 fully saturated rings. The second-order valence-electron chi connectivity index (χ2n) is 6.33. The van der Waals surface area contributed by atoms with E-state index in [1.807, 2.05) is 25.1 Å². The Hall–Kier alpha value is -1.56. The number of carboxylic acids is 1. The number of carbonyl (C=O) groups is 2. The first-order valence-corrected chi connectivity index (χ1v) is 8.27. The van der Waals surface area contributed by atoms with E-state index in [-0.39, 0.29) is 11.9 Å². The van der Waals surface area contributed by atoms with Gasteiger partial charge in [0.25, 0.3) is 0 Å². The van der Waals surface area contributed by atoms with E-state index in [1.165, 1.54) is 0 Å². The van der Waals surface area contributed by atoms with E-state index < -0.39 is 11.4 Å². The molecule has 6 heteroatoms. The van der Waals surface area contributed by atoms with Crippen molar-refractivity contribution in [2.45, 2.75) is 26.2 Å². The zero-order chi connectivity index (χ0) is 15.9. The largest absolute Gasteiger partial charge is 0.481 e. The van der Waals surface area contributed by atoms with Crippen LogP contribution in [0.2, 0.25) is 0 Å². The molecule has 1 aromatic rings. The van der Waals surface area contributed by atoms with Gasteiger partial charge < -0.3 is 15.3 Å². The summed E-state index contributed by atoms with van der Waals surface area (Å²) < 4.78 is 0.936. The van der Waals surface area contributed by atoms with E-state index in [0.29, 0.717) is 25.2 Å². The van der Waals surface area contributed by atoms with Crippen molar-refractivity contribution in [3.8, 4) is 0 Å². The van der Waals surface area contributed by atoms with E-state index in [9.17, 15) is 14.7 Å². The summed E-state index contributed by atoms with van der Waals surface area (Å²) >= 11 is 3.44. The molecule has 0 radical (unpaired) electrons. The average molecular weight is 367 g/mol. The van der Waals surface area contributed by atoms with Crippen LogP contribution in [0.15, 0.2) is 22.7 Å². The third kappa shape index (κ3) is 2.49. The monoisotopic (exact) mass is 366 g/mol. The number of likely N-dealkylation sites (tertiary alicyclic amines) is 1. The Morgan fingerprint density at radius 2 is 2.23 bits per heavy atom. The first kappa shape index (κ1) is 15.3. The van der Waals surface area contributed by atoms with Gasteiger partial charge in [-0.1, -0.05) is 28.4 Å². The number of nitrogens with zero attached hydrogens (tertiary/aromatic N) is 1. The Kier molecular flexibility index (Phi) is 3.89. The summed E-state index contributed by atoms with van der Waals surface area (Å²) in [7, 11) is 0. The number of aliphatic carboxylic acids is 1. The van der Waals surface area contributed by atoms with Gasteiger partial charge in [-0.2, -0.15) is 0 Å². The highest BCUT2D eigenvalue weighted by Crippen LogP contribution is 2.48. The van der Waals surface area contributed by atoms with Crippen molar-refractivity contribution in [1.82, 2.24) is 4.90 Å². The maximum atomic E-state index is 12.4. The number of carbonyl (C=O) groups excluding carboxylic acids is 1. The standard InChI is InChI=1S/C16H19BrN2O3/c1-10-4-5-12(7-13(10)17)18-15(22)19-8-11-3-2-6-16(11,9-19)14(20)21/h4-5,7,11H,2-3,6,8-9H2,1H3,(H,18,22)(H,20,21)/t11-,16+/m0/s1. The fourth-order valence-corrected chi connectivity index (χ4v) is 4.05. The highest BCUT2D eigenvalue weighted by molar-refractivity contribution is 9.10. The molecule has 2 aliphatic rings. The third-order valence-electron chi connectivity index (χ3n) is 5.01. The molecule has 2 atom stereocenters. The van der Waals surface area contributed by atoms with Crippen molar-refractivity contribution in [3.05, 3.63) is 28.2 Å². The summed E-state index contributed by atoms with van der Waals surface area (Å²) in [6.07, 6.45) is 2.51. The van der Waals surface area contributed by atoms with Crippen molar-refractivity contribution in [1.29, 1.82) is 0 Å². The molecule has 0 aromatic heterocycles. The normalized spacial score (nSPS) is 26.8. The third-order valence-corrected chi connectivity index (χ3v) is 5.86. The SMILES string of the molecule is Cc1ccc(NC(=O)N2C[C@@H]3CCC[C@@]3(C(=O)O)C2)cc1Br. The molecule has 2 N–H and O–H groups in total. The van der Waals surface area contributed by atoms with Crippen LogP contribution in [0.4, 0.5) is 10.5 Å². The second-order valence-corrected chi connectivity index (χ2v) is 7.18. The molecule has 1 saturated heterocycles. The lowest BCUT2D eigenvalue weighted by Gasteiger charge is -2.23. The van der Waals surface area contributed by atoms with Crippen LogP contribution in [0.1, 0.15) is 24.8 Å². The minimum absolute atomic E-state index is 0.0838. The van der Waals surface area contributed by atoms with Gasteiger partial charge in [-0.15, -0.1) is 0 Å². The quantitative estimate of drug-likeness (QED) is 0.841. The van der Waals surface area contributed by atoms with Gasteiger partial charge in [0, 0.05) is 23.2 Å². The predicted molar refractivity (Wildman–Crippen MR) is 86.9 cm³/mol. The van der Waals surface area contributed by atoms with Crippen LogP contribution in [0.25, 0.3) is 0 Å². The van der Waals surface area contributed by atoms with Gasteiger partial charge >= 0.3 is 12.0 Å². The molecule has 0 bridgehead atoms. The molecule has 3 rings (SSSR count). The van der Waals surface area contributed by atoms with E-state index in [0.717, 1.165) is 22.9 Å². The minimum atomic E-state index is -0.761. The van der Waals surface area contributed by atoms with Gasteiger partial charge in [0.15, 0.2) is 0 Å². The predicted octanol–water partition coefficient (Wildman–Crippen LogP) is 3.48. The number of aryl methyl sites for hydroxylation is 1. The van der Waals surface area contributed by atoms with Crippen LogP contribution in [0.5, 0.6) is 0 Å². The molecule has 1 aromatic carbocycles. The molecule has 0 unspecified atom stereocenters. The van der Waals surface area contributed by atoms with Crippen molar-refractivity contribution in [3.63, 3.8) is 0 Å². The molecule has 118 valence electrons. The van der Waals surface area contributed by atoms with Crippen LogP contribution in [0.3, 0.4) is 0 Å². The molecule has 1 heterocycles. The maximum Gasteiger partial charge on any atom is 0.321 e. The highest BCUT2D eigenvalue weighted by atomic mass is 79.9. The van der Waals surface area contributed by atoms with Gasteiger partial charge in [-0.3, -0.25) is 4.79 Å². The molecule has 2 amide bonds. The average Bonchev–Trinajstić information content (AvgIpc) is 3.00. The van der Waals surface area contributed by atoms with Crippen molar-refractivity contribution in [2.75, 3.05) is 18.4 Å². The number of hydrogen-bond acceptors (Lipinski definition) is 2. The Balaban J connectivity index is 1.71. The van der Waals surface area contributed by atoms with Crippen LogP contribution < -0.4 is 5.32 Å². The van der Waals surface area contributed by atoms with E-state index in [2.05, 4.69) is 21.2 Å². The lowest BCUT2D eigenvalue weighted by Crippen LogP contribution is -2.38. The van der Waals surface area contributed by atoms with Gasteiger partial charge in [-0.05, 0) is 43.4 Å². The molecule has 5 nitrogen and oxygen atoms in total. The van der Waals surface area contributed by atoms with Crippen molar-refractivity contribution in [2.24, 2.45) is 11.3 Å². The van der Waals surface area contributed by atoms with Crippen LogP contribution >= 0.6 is 15.9 Å². The number of halogens is 1. The topological polar surface area (TPSA) is 69.6 Å².